The van der Waals surface area contributed by atoms with E-state index >= 15 is 0 Å². The van der Waals surface area contributed by atoms with Crippen LogP contribution in [0, 0.1) is 5.82 Å². The lowest BCUT2D eigenvalue weighted by Crippen LogP contribution is -2.38. The van der Waals surface area contributed by atoms with Crippen molar-refractivity contribution >= 4 is 22.6 Å². The lowest BCUT2D eigenvalue weighted by Gasteiger charge is -2.12. The Kier molecular flexibility index (Phi) is 3.56. The van der Waals surface area contributed by atoms with Gasteiger partial charge in [-0.1, -0.05) is 24.3 Å². The van der Waals surface area contributed by atoms with Gasteiger partial charge in [-0.2, -0.15) is 0 Å². The summed E-state index contributed by atoms with van der Waals surface area (Å²) in [5, 5.41) is 6.61. The molecule has 1 fully saturated rings. The van der Waals surface area contributed by atoms with Crippen LogP contribution in [0.5, 0.6) is 0 Å². The van der Waals surface area contributed by atoms with Gasteiger partial charge in [-0.05, 0) is 23.9 Å². The average Bonchev–Trinajstić information content (AvgIpc) is 2.91. The molecule has 1 atom stereocenters. The third kappa shape index (κ3) is 2.72. The van der Waals surface area contributed by atoms with E-state index in [1.54, 1.807) is 24.3 Å². The standard InChI is InChI=1S/C16H15FN2O2/c17-14-7-6-13(11-3-1-2-4-12(11)14)16(21)18-9-10-5-8-15(20)19-10/h1-4,6-7,10H,5,8-9H2,(H,18,21)(H,19,20). The van der Waals surface area contributed by atoms with Crippen LogP contribution in [0.2, 0.25) is 0 Å². The van der Waals surface area contributed by atoms with Crippen molar-refractivity contribution in [3.05, 3.63) is 47.8 Å². The summed E-state index contributed by atoms with van der Waals surface area (Å²) < 4.78 is 13.7. The summed E-state index contributed by atoms with van der Waals surface area (Å²) in [6.07, 6.45) is 1.23. The number of hydrogen-bond donors (Lipinski definition) is 2. The highest BCUT2D eigenvalue weighted by Crippen LogP contribution is 2.21. The second-order valence-electron chi connectivity index (χ2n) is 5.15. The molecule has 0 spiro atoms. The summed E-state index contributed by atoms with van der Waals surface area (Å²) in [6.45, 7) is 0.385. The van der Waals surface area contributed by atoms with Crippen LogP contribution in [0.3, 0.4) is 0 Å². The maximum absolute atomic E-state index is 13.7. The molecule has 2 aromatic rings. The van der Waals surface area contributed by atoms with Crippen LogP contribution >= 0.6 is 0 Å². The fourth-order valence-corrected chi connectivity index (χ4v) is 2.60. The predicted octanol–water partition coefficient (Wildman–Crippen LogP) is 1.99. The van der Waals surface area contributed by atoms with Gasteiger partial charge < -0.3 is 10.6 Å². The van der Waals surface area contributed by atoms with Crippen molar-refractivity contribution < 1.29 is 14.0 Å². The quantitative estimate of drug-likeness (QED) is 0.906. The maximum Gasteiger partial charge on any atom is 0.251 e. The van der Waals surface area contributed by atoms with Gasteiger partial charge in [0, 0.05) is 30.0 Å². The normalized spacial score (nSPS) is 17.8. The first-order valence-corrected chi connectivity index (χ1v) is 6.90. The Balaban J connectivity index is 1.79. The Bertz CT molecular complexity index is 714. The molecule has 0 saturated carbocycles. The van der Waals surface area contributed by atoms with Crippen molar-refractivity contribution in [3.8, 4) is 0 Å². The topological polar surface area (TPSA) is 58.2 Å². The van der Waals surface area contributed by atoms with E-state index in [2.05, 4.69) is 10.6 Å². The molecular formula is C16H15FN2O2. The minimum absolute atomic E-state index is 0.0153. The van der Waals surface area contributed by atoms with Crippen molar-refractivity contribution in [2.75, 3.05) is 6.54 Å². The van der Waals surface area contributed by atoms with Gasteiger partial charge in [0.25, 0.3) is 5.91 Å². The molecule has 0 aliphatic carbocycles. The van der Waals surface area contributed by atoms with Crippen molar-refractivity contribution in [3.63, 3.8) is 0 Å². The van der Waals surface area contributed by atoms with E-state index in [0.717, 1.165) is 6.42 Å². The first-order chi connectivity index (χ1) is 10.1. The highest BCUT2D eigenvalue weighted by molar-refractivity contribution is 6.07. The number of nitrogens with one attached hydrogen (secondary N) is 2. The highest BCUT2D eigenvalue weighted by atomic mass is 19.1. The molecule has 0 aromatic heterocycles. The summed E-state index contributed by atoms with van der Waals surface area (Å²) in [7, 11) is 0. The van der Waals surface area contributed by atoms with E-state index in [1.807, 2.05) is 0 Å². The molecule has 1 aliphatic rings. The zero-order valence-corrected chi connectivity index (χ0v) is 11.4. The fourth-order valence-electron chi connectivity index (χ4n) is 2.60. The molecule has 21 heavy (non-hydrogen) atoms. The molecule has 1 heterocycles. The van der Waals surface area contributed by atoms with Crippen molar-refractivity contribution in [1.82, 2.24) is 10.6 Å². The van der Waals surface area contributed by atoms with Crippen LogP contribution in [-0.2, 0) is 4.79 Å². The van der Waals surface area contributed by atoms with Crippen LogP contribution in [0.25, 0.3) is 10.8 Å². The van der Waals surface area contributed by atoms with E-state index in [1.165, 1.54) is 12.1 Å². The maximum atomic E-state index is 13.7. The molecule has 1 unspecified atom stereocenters. The summed E-state index contributed by atoms with van der Waals surface area (Å²) in [6, 6.07) is 9.66. The predicted molar refractivity (Wildman–Crippen MR) is 77.4 cm³/mol. The molecule has 1 aliphatic heterocycles. The number of amides is 2. The minimum atomic E-state index is -0.342. The van der Waals surface area contributed by atoms with Crippen LogP contribution < -0.4 is 10.6 Å². The van der Waals surface area contributed by atoms with E-state index in [0.29, 0.717) is 29.3 Å². The van der Waals surface area contributed by atoms with Gasteiger partial charge in [0.1, 0.15) is 5.82 Å². The SMILES string of the molecule is O=C1CCC(CNC(=O)c2ccc(F)c3ccccc23)N1. The van der Waals surface area contributed by atoms with E-state index in [9.17, 15) is 14.0 Å². The zero-order chi connectivity index (χ0) is 14.8. The van der Waals surface area contributed by atoms with Gasteiger partial charge in [-0.15, -0.1) is 0 Å². The monoisotopic (exact) mass is 286 g/mol. The number of benzene rings is 2. The molecule has 3 rings (SSSR count). The Hall–Kier alpha value is -2.43. The number of hydrogen-bond acceptors (Lipinski definition) is 2. The second-order valence-corrected chi connectivity index (χ2v) is 5.15. The summed E-state index contributed by atoms with van der Waals surface area (Å²) in [5.41, 5.74) is 0.441. The fraction of sp³-hybridized carbons (Fsp3) is 0.250. The van der Waals surface area contributed by atoms with Gasteiger partial charge >= 0.3 is 0 Å². The zero-order valence-electron chi connectivity index (χ0n) is 11.4. The third-order valence-electron chi connectivity index (χ3n) is 3.71. The molecule has 0 bridgehead atoms. The largest absolute Gasteiger partial charge is 0.352 e. The molecule has 2 N–H and O–H groups in total. The first-order valence-electron chi connectivity index (χ1n) is 6.90. The van der Waals surface area contributed by atoms with Crippen LogP contribution in [0.1, 0.15) is 23.2 Å². The molecule has 108 valence electrons. The minimum Gasteiger partial charge on any atom is -0.352 e. The number of rotatable bonds is 3. The number of carbonyl (C=O) groups is 2. The summed E-state index contributed by atoms with van der Waals surface area (Å²) >= 11 is 0. The number of halogens is 1. The van der Waals surface area contributed by atoms with Gasteiger partial charge in [-0.25, -0.2) is 4.39 Å². The van der Waals surface area contributed by atoms with Crippen LogP contribution in [0.4, 0.5) is 4.39 Å². The third-order valence-corrected chi connectivity index (χ3v) is 3.71. The van der Waals surface area contributed by atoms with Gasteiger partial charge in [0.05, 0.1) is 0 Å². The van der Waals surface area contributed by atoms with Gasteiger partial charge in [0.15, 0.2) is 0 Å². The average molecular weight is 286 g/mol. The van der Waals surface area contributed by atoms with Crippen molar-refractivity contribution in [2.24, 2.45) is 0 Å². The second kappa shape index (κ2) is 5.52. The van der Waals surface area contributed by atoms with E-state index in [-0.39, 0.29) is 23.7 Å². The smallest absolute Gasteiger partial charge is 0.251 e. The van der Waals surface area contributed by atoms with Crippen molar-refractivity contribution in [1.29, 1.82) is 0 Å². The van der Waals surface area contributed by atoms with Crippen molar-refractivity contribution in [2.45, 2.75) is 18.9 Å². The lowest BCUT2D eigenvalue weighted by molar-refractivity contribution is -0.119. The van der Waals surface area contributed by atoms with Gasteiger partial charge in [0.2, 0.25) is 5.91 Å². The Morgan fingerprint density at radius 1 is 1.24 bits per heavy atom. The summed E-state index contributed by atoms with van der Waals surface area (Å²) in [4.78, 5) is 23.4. The molecule has 2 amide bonds. The Labute approximate surface area is 121 Å². The molecular weight excluding hydrogens is 271 g/mol. The Morgan fingerprint density at radius 3 is 2.71 bits per heavy atom. The van der Waals surface area contributed by atoms with E-state index in [4.69, 9.17) is 0 Å². The van der Waals surface area contributed by atoms with Crippen LogP contribution in [0.15, 0.2) is 36.4 Å². The molecule has 0 radical (unpaired) electrons. The van der Waals surface area contributed by atoms with E-state index < -0.39 is 0 Å². The molecule has 5 heteroatoms. The highest BCUT2D eigenvalue weighted by Gasteiger charge is 2.21. The number of carbonyl (C=O) groups excluding carboxylic acids is 2. The number of fused-ring (bicyclic) bond motifs is 1. The Morgan fingerprint density at radius 2 is 2.00 bits per heavy atom. The molecule has 1 saturated heterocycles. The molecule has 2 aromatic carbocycles. The lowest BCUT2D eigenvalue weighted by atomic mass is 10.0. The first kappa shape index (κ1) is 13.5. The van der Waals surface area contributed by atoms with Gasteiger partial charge in [-0.3, -0.25) is 9.59 Å². The molecule has 4 nitrogen and oxygen atoms in total. The van der Waals surface area contributed by atoms with Crippen LogP contribution in [-0.4, -0.2) is 24.4 Å². The summed E-state index contributed by atoms with van der Waals surface area (Å²) in [5.74, 6) is -0.584.